The van der Waals surface area contributed by atoms with Crippen LogP contribution in [0, 0.1) is 0 Å². The summed E-state index contributed by atoms with van der Waals surface area (Å²) in [6, 6.07) is 26.2. The molecular formula is C28H26BrNO3. The topological polar surface area (TPSA) is 40.0 Å². The number of fused-ring (bicyclic) bond motifs is 1. The summed E-state index contributed by atoms with van der Waals surface area (Å²) in [6.07, 6.45) is 1.82. The molecule has 0 saturated heterocycles. The molecule has 4 rings (SSSR count). The van der Waals surface area contributed by atoms with Crippen LogP contribution in [0.2, 0.25) is 0 Å². The van der Waals surface area contributed by atoms with Crippen LogP contribution in [0.1, 0.15) is 25.0 Å². The van der Waals surface area contributed by atoms with Crippen LogP contribution in [0.25, 0.3) is 10.8 Å². The largest absolute Gasteiger partial charge is 0.494 e. The molecule has 0 radical (unpaired) electrons. The van der Waals surface area contributed by atoms with E-state index in [9.17, 15) is 0 Å². The van der Waals surface area contributed by atoms with E-state index in [0.717, 1.165) is 27.0 Å². The molecule has 168 valence electrons. The highest BCUT2D eigenvalue weighted by atomic mass is 79.9. The van der Waals surface area contributed by atoms with Gasteiger partial charge >= 0.3 is 0 Å². The highest BCUT2D eigenvalue weighted by molar-refractivity contribution is 9.10. The van der Waals surface area contributed by atoms with Crippen molar-refractivity contribution in [3.05, 3.63) is 94.5 Å². The van der Waals surface area contributed by atoms with E-state index in [1.807, 2.05) is 68.6 Å². The van der Waals surface area contributed by atoms with Gasteiger partial charge in [-0.2, -0.15) is 0 Å². The van der Waals surface area contributed by atoms with Crippen molar-refractivity contribution in [1.29, 1.82) is 0 Å². The monoisotopic (exact) mass is 503 g/mol. The van der Waals surface area contributed by atoms with Crippen LogP contribution in [-0.4, -0.2) is 19.4 Å². The lowest BCUT2D eigenvalue weighted by molar-refractivity contribution is 0.268. The molecule has 5 heteroatoms. The van der Waals surface area contributed by atoms with Gasteiger partial charge in [-0.15, -0.1) is 0 Å². The fraction of sp³-hybridized carbons (Fsp3) is 0.179. The Kier molecular flexibility index (Phi) is 7.63. The summed E-state index contributed by atoms with van der Waals surface area (Å²) in [4.78, 5) is 4.58. The third-order valence-electron chi connectivity index (χ3n) is 5.09. The van der Waals surface area contributed by atoms with E-state index < -0.39 is 0 Å². The fourth-order valence-electron chi connectivity index (χ4n) is 3.58. The molecule has 4 nitrogen and oxygen atoms in total. The molecule has 0 heterocycles. The van der Waals surface area contributed by atoms with Crippen LogP contribution >= 0.6 is 15.9 Å². The molecule has 0 atom stereocenters. The van der Waals surface area contributed by atoms with E-state index in [4.69, 9.17) is 14.2 Å². The molecule has 0 amide bonds. The van der Waals surface area contributed by atoms with Gasteiger partial charge < -0.3 is 14.2 Å². The summed E-state index contributed by atoms with van der Waals surface area (Å²) in [7, 11) is 0. The Morgan fingerprint density at radius 2 is 1.58 bits per heavy atom. The maximum atomic E-state index is 6.24. The average Bonchev–Trinajstić information content (AvgIpc) is 2.83. The van der Waals surface area contributed by atoms with Crippen LogP contribution in [0.4, 0.5) is 5.69 Å². The molecule has 0 N–H and O–H groups in total. The van der Waals surface area contributed by atoms with Crippen molar-refractivity contribution in [1.82, 2.24) is 0 Å². The van der Waals surface area contributed by atoms with E-state index in [0.29, 0.717) is 31.3 Å². The van der Waals surface area contributed by atoms with E-state index in [1.165, 1.54) is 10.8 Å². The Morgan fingerprint density at radius 3 is 2.36 bits per heavy atom. The van der Waals surface area contributed by atoms with Gasteiger partial charge in [-0.05, 0) is 88.1 Å². The third kappa shape index (κ3) is 5.74. The van der Waals surface area contributed by atoms with Gasteiger partial charge in [0.2, 0.25) is 0 Å². The predicted molar refractivity (Wildman–Crippen MR) is 138 cm³/mol. The number of rotatable bonds is 9. The third-order valence-corrected chi connectivity index (χ3v) is 5.68. The van der Waals surface area contributed by atoms with Gasteiger partial charge in [-0.25, -0.2) is 0 Å². The zero-order valence-corrected chi connectivity index (χ0v) is 20.3. The first-order chi connectivity index (χ1) is 16.2. The molecule has 0 saturated carbocycles. The summed E-state index contributed by atoms with van der Waals surface area (Å²) in [6.45, 7) is 5.56. The van der Waals surface area contributed by atoms with Crippen LogP contribution < -0.4 is 14.2 Å². The highest BCUT2D eigenvalue weighted by Crippen LogP contribution is 2.37. The number of hydrogen-bond donors (Lipinski definition) is 0. The Bertz CT molecular complexity index is 1250. The summed E-state index contributed by atoms with van der Waals surface area (Å²) in [5, 5.41) is 2.39. The van der Waals surface area contributed by atoms with Gasteiger partial charge in [-0.3, -0.25) is 4.99 Å². The second kappa shape index (κ2) is 11.0. The van der Waals surface area contributed by atoms with Gasteiger partial charge in [0, 0.05) is 6.21 Å². The van der Waals surface area contributed by atoms with E-state index in [-0.39, 0.29) is 0 Å². The zero-order valence-electron chi connectivity index (χ0n) is 18.8. The fourth-order valence-corrected chi connectivity index (χ4v) is 4.15. The van der Waals surface area contributed by atoms with Crippen molar-refractivity contribution in [2.75, 3.05) is 13.2 Å². The first-order valence-corrected chi connectivity index (χ1v) is 11.8. The van der Waals surface area contributed by atoms with E-state index >= 15 is 0 Å². The number of ether oxygens (including phenoxy) is 3. The molecule has 0 aliphatic heterocycles. The standard InChI is InChI=1S/C28H26BrNO3/c1-3-31-24-14-12-23(13-15-24)30-18-20-16-26(29)28(27(17-20)32-4-2)33-19-22-10-7-9-21-8-5-6-11-25(21)22/h5-18H,3-4,19H2,1-2H3. The van der Waals surface area contributed by atoms with Crippen molar-refractivity contribution in [2.24, 2.45) is 4.99 Å². The van der Waals surface area contributed by atoms with E-state index in [1.54, 1.807) is 0 Å². The number of hydrogen-bond acceptors (Lipinski definition) is 4. The van der Waals surface area contributed by atoms with Gasteiger partial charge in [-0.1, -0.05) is 42.5 Å². The lowest BCUT2D eigenvalue weighted by Gasteiger charge is -2.15. The number of benzene rings is 4. The molecule has 33 heavy (non-hydrogen) atoms. The average molecular weight is 504 g/mol. The second-order valence-electron chi connectivity index (χ2n) is 7.38. The van der Waals surface area contributed by atoms with E-state index in [2.05, 4.69) is 51.3 Å². The minimum atomic E-state index is 0.444. The Balaban J connectivity index is 1.55. The van der Waals surface area contributed by atoms with Crippen LogP contribution in [0.5, 0.6) is 17.2 Å². The summed E-state index contributed by atoms with van der Waals surface area (Å²) in [5.74, 6) is 2.20. The quantitative estimate of drug-likeness (QED) is 0.219. The molecule has 0 spiro atoms. The Hall–Kier alpha value is -3.31. The number of aliphatic imine (C=N–C) groups is 1. The minimum Gasteiger partial charge on any atom is -0.494 e. The van der Waals surface area contributed by atoms with Crippen molar-refractivity contribution < 1.29 is 14.2 Å². The van der Waals surface area contributed by atoms with Crippen molar-refractivity contribution in [3.63, 3.8) is 0 Å². The van der Waals surface area contributed by atoms with Crippen molar-refractivity contribution in [2.45, 2.75) is 20.5 Å². The SMILES string of the molecule is CCOc1ccc(N=Cc2cc(Br)c(OCc3cccc4ccccc34)c(OCC)c2)cc1. The number of nitrogens with zero attached hydrogens (tertiary/aromatic N) is 1. The van der Waals surface area contributed by atoms with Gasteiger partial charge in [0.15, 0.2) is 11.5 Å². The van der Waals surface area contributed by atoms with Crippen LogP contribution in [0.3, 0.4) is 0 Å². The minimum absolute atomic E-state index is 0.444. The van der Waals surface area contributed by atoms with Crippen molar-refractivity contribution in [3.8, 4) is 17.2 Å². The molecule has 4 aromatic carbocycles. The first kappa shape index (κ1) is 22.9. The maximum Gasteiger partial charge on any atom is 0.175 e. The lowest BCUT2D eigenvalue weighted by atomic mass is 10.1. The van der Waals surface area contributed by atoms with Gasteiger partial charge in [0.05, 0.1) is 23.4 Å². The Morgan fingerprint density at radius 1 is 0.818 bits per heavy atom. The molecule has 0 bridgehead atoms. The zero-order chi connectivity index (χ0) is 23.0. The Labute approximate surface area is 203 Å². The second-order valence-corrected chi connectivity index (χ2v) is 8.23. The molecule has 0 aromatic heterocycles. The molecule has 0 aliphatic carbocycles. The van der Waals surface area contributed by atoms with Gasteiger partial charge in [0.25, 0.3) is 0 Å². The molecular weight excluding hydrogens is 478 g/mol. The highest BCUT2D eigenvalue weighted by Gasteiger charge is 2.13. The maximum absolute atomic E-state index is 6.24. The van der Waals surface area contributed by atoms with Crippen LogP contribution in [0.15, 0.2) is 88.3 Å². The van der Waals surface area contributed by atoms with Crippen LogP contribution in [-0.2, 0) is 6.61 Å². The molecule has 0 fully saturated rings. The molecule has 0 unspecified atom stereocenters. The summed E-state index contributed by atoms with van der Waals surface area (Å²) >= 11 is 3.66. The first-order valence-electron chi connectivity index (χ1n) is 11.0. The predicted octanol–water partition coefficient (Wildman–Crippen LogP) is 7.73. The number of halogens is 1. The summed E-state index contributed by atoms with van der Waals surface area (Å²) in [5.41, 5.74) is 2.89. The molecule has 0 aliphatic rings. The smallest absolute Gasteiger partial charge is 0.175 e. The van der Waals surface area contributed by atoms with Crippen molar-refractivity contribution >= 4 is 38.6 Å². The van der Waals surface area contributed by atoms with Gasteiger partial charge in [0.1, 0.15) is 12.4 Å². The summed E-state index contributed by atoms with van der Waals surface area (Å²) < 4.78 is 18.4. The normalized spacial score (nSPS) is 11.1. The lowest BCUT2D eigenvalue weighted by Crippen LogP contribution is -2.02. The molecule has 4 aromatic rings.